The van der Waals surface area contributed by atoms with Gasteiger partial charge in [0.15, 0.2) is 0 Å². The molecule has 6 nitrogen and oxygen atoms in total. The molecule has 6 heteroatoms. The van der Waals surface area contributed by atoms with Crippen LogP contribution in [0.25, 0.3) is 0 Å². The Morgan fingerprint density at radius 3 is 2.67 bits per heavy atom. The molecule has 2 aliphatic heterocycles. The van der Waals surface area contributed by atoms with Crippen LogP contribution in [0.4, 0.5) is 0 Å². The number of hydrogen-bond donors (Lipinski definition) is 1. The van der Waals surface area contributed by atoms with Crippen molar-refractivity contribution in [3.8, 4) is 0 Å². The summed E-state index contributed by atoms with van der Waals surface area (Å²) in [5.41, 5.74) is 0. The van der Waals surface area contributed by atoms with E-state index in [-0.39, 0.29) is 24.5 Å². The third-order valence-electron chi connectivity index (χ3n) is 3.64. The molecule has 2 aliphatic rings. The number of nitrogens with zero attached hydrogens (tertiary/aromatic N) is 2. The fraction of sp³-hybridized carbons (Fsp3) is 0.833. The lowest BCUT2D eigenvalue weighted by Crippen LogP contribution is -2.53. The summed E-state index contributed by atoms with van der Waals surface area (Å²) in [4.78, 5) is 27.5. The van der Waals surface area contributed by atoms with Crippen LogP contribution in [0.5, 0.6) is 0 Å². The highest BCUT2D eigenvalue weighted by molar-refractivity contribution is 5.83. The minimum atomic E-state index is -0.269. The van der Waals surface area contributed by atoms with Gasteiger partial charge >= 0.3 is 5.97 Å². The fourth-order valence-electron chi connectivity index (χ4n) is 2.62. The molecule has 0 spiro atoms. The Kier molecular flexibility index (Phi) is 4.54. The van der Waals surface area contributed by atoms with Crippen LogP contribution >= 0.6 is 0 Å². The summed E-state index contributed by atoms with van der Waals surface area (Å²) in [6, 6.07) is -0.137. The second-order valence-electron chi connectivity index (χ2n) is 4.78. The second kappa shape index (κ2) is 6.15. The molecular weight excluding hydrogens is 234 g/mol. The number of hydrogen-bond acceptors (Lipinski definition) is 5. The SMILES string of the molecule is COC(=O)CN1CCCC1C(=O)N1CCNCC1. The van der Waals surface area contributed by atoms with Crippen LogP contribution in [0.1, 0.15) is 12.8 Å². The van der Waals surface area contributed by atoms with Crippen molar-refractivity contribution >= 4 is 11.9 Å². The van der Waals surface area contributed by atoms with Crippen LogP contribution in [-0.2, 0) is 14.3 Å². The van der Waals surface area contributed by atoms with E-state index >= 15 is 0 Å². The standard InChI is InChI=1S/C12H21N3O3/c1-18-11(16)9-15-6-2-3-10(15)12(17)14-7-4-13-5-8-14/h10,13H,2-9H2,1H3. The maximum Gasteiger partial charge on any atom is 0.319 e. The van der Waals surface area contributed by atoms with Crippen molar-refractivity contribution < 1.29 is 14.3 Å². The first-order chi connectivity index (χ1) is 8.72. The molecule has 1 atom stereocenters. The molecule has 18 heavy (non-hydrogen) atoms. The van der Waals surface area contributed by atoms with E-state index < -0.39 is 0 Å². The van der Waals surface area contributed by atoms with Gasteiger partial charge < -0.3 is 15.0 Å². The largest absolute Gasteiger partial charge is 0.468 e. The first-order valence-electron chi connectivity index (χ1n) is 6.52. The number of likely N-dealkylation sites (tertiary alicyclic amines) is 1. The Hall–Kier alpha value is -1.14. The Morgan fingerprint density at radius 2 is 2.00 bits per heavy atom. The molecule has 0 aromatic carbocycles. The van der Waals surface area contributed by atoms with Crippen molar-refractivity contribution in [3.63, 3.8) is 0 Å². The number of nitrogens with one attached hydrogen (secondary N) is 1. The molecule has 0 aromatic heterocycles. The molecule has 0 aliphatic carbocycles. The van der Waals surface area contributed by atoms with Gasteiger partial charge in [0.05, 0.1) is 19.7 Å². The normalized spacial score (nSPS) is 25.2. The van der Waals surface area contributed by atoms with Crippen LogP contribution < -0.4 is 5.32 Å². The van der Waals surface area contributed by atoms with Crippen LogP contribution in [0.2, 0.25) is 0 Å². The summed E-state index contributed by atoms with van der Waals surface area (Å²) in [5.74, 6) is -0.104. The smallest absolute Gasteiger partial charge is 0.319 e. The number of amides is 1. The molecule has 0 aromatic rings. The molecule has 1 amide bonds. The maximum atomic E-state index is 12.4. The van der Waals surface area contributed by atoms with Gasteiger partial charge in [0.2, 0.25) is 5.91 Å². The van der Waals surface area contributed by atoms with Gasteiger partial charge in [0.25, 0.3) is 0 Å². The lowest BCUT2D eigenvalue weighted by Gasteiger charge is -2.32. The van der Waals surface area contributed by atoms with E-state index in [1.807, 2.05) is 9.80 Å². The quantitative estimate of drug-likeness (QED) is 0.659. The third-order valence-corrected chi connectivity index (χ3v) is 3.64. The van der Waals surface area contributed by atoms with E-state index in [9.17, 15) is 9.59 Å². The second-order valence-corrected chi connectivity index (χ2v) is 4.78. The number of methoxy groups -OCH3 is 1. The van der Waals surface area contributed by atoms with Gasteiger partial charge in [0, 0.05) is 26.2 Å². The first-order valence-corrected chi connectivity index (χ1v) is 6.52. The average molecular weight is 255 g/mol. The predicted octanol–water partition coefficient (Wildman–Crippen LogP) is -0.944. The molecule has 2 saturated heterocycles. The van der Waals surface area contributed by atoms with Gasteiger partial charge in [-0.25, -0.2) is 0 Å². The Labute approximate surface area is 107 Å². The summed E-state index contributed by atoms with van der Waals surface area (Å²) in [5, 5.41) is 3.23. The maximum absolute atomic E-state index is 12.4. The van der Waals surface area contributed by atoms with E-state index in [4.69, 9.17) is 0 Å². The van der Waals surface area contributed by atoms with Gasteiger partial charge in [-0.2, -0.15) is 0 Å². The molecule has 1 N–H and O–H groups in total. The van der Waals surface area contributed by atoms with Crippen molar-refractivity contribution in [2.75, 3.05) is 46.4 Å². The van der Waals surface area contributed by atoms with E-state index in [1.54, 1.807) is 0 Å². The number of esters is 1. The Bertz CT molecular complexity index is 316. The Balaban J connectivity index is 1.93. The molecule has 1 unspecified atom stereocenters. The molecule has 0 saturated carbocycles. The molecule has 0 radical (unpaired) electrons. The number of carbonyl (C=O) groups excluding carboxylic acids is 2. The van der Waals surface area contributed by atoms with Gasteiger partial charge in [-0.15, -0.1) is 0 Å². The van der Waals surface area contributed by atoms with E-state index in [0.29, 0.717) is 0 Å². The molecule has 2 fully saturated rings. The zero-order valence-corrected chi connectivity index (χ0v) is 10.9. The van der Waals surface area contributed by atoms with Gasteiger partial charge in [-0.05, 0) is 19.4 Å². The number of rotatable bonds is 3. The lowest BCUT2D eigenvalue weighted by atomic mass is 10.1. The van der Waals surface area contributed by atoms with Crippen molar-refractivity contribution in [2.45, 2.75) is 18.9 Å². The van der Waals surface area contributed by atoms with Gasteiger partial charge in [0.1, 0.15) is 0 Å². The number of carbonyl (C=O) groups is 2. The van der Waals surface area contributed by atoms with Crippen molar-refractivity contribution in [2.24, 2.45) is 0 Å². The van der Waals surface area contributed by atoms with Crippen molar-refractivity contribution in [1.29, 1.82) is 0 Å². The fourth-order valence-corrected chi connectivity index (χ4v) is 2.62. The zero-order valence-electron chi connectivity index (χ0n) is 10.9. The molecule has 102 valence electrons. The first kappa shape index (κ1) is 13.3. The minimum absolute atomic E-state index is 0.137. The average Bonchev–Trinajstić information content (AvgIpc) is 2.86. The van der Waals surface area contributed by atoms with Crippen LogP contribution in [0.3, 0.4) is 0 Å². The van der Waals surface area contributed by atoms with E-state index in [0.717, 1.165) is 45.6 Å². The summed E-state index contributed by atoms with van der Waals surface area (Å²) < 4.78 is 4.67. The lowest BCUT2D eigenvalue weighted by molar-refractivity contribution is -0.144. The highest BCUT2D eigenvalue weighted by Crippen LogP contribution is 2.19. The molecule has 2 rings (SSSR count). The third kappa shape index (κ3) is 3.00. The highest BCUT2D eigenvalue weighted by atomic mass is 16.5. The number of piperazine rings is 1. The van der Waals surface area contributed by atoms with Crippen LogP contribution in [0.15, 0.2) is 0 Å². The van der Waals surface area contributed by atoms with Crippen molar-refractivity contribution in [3.05, 3.63) is 0 Å². The van der Waals surface area contributed by atoms with Crippen molar-refractivity contribution in [1.82, 2.24) is 15.1 Å². The molecule has 0 bridgehead atoms. The number of ether oxygens (including phenoxy) is 1. The molecule has 2 heterocycles. The van der Waals surface area contributed by atoms with Crippen LogP contribution in [0, 0.1) is 0 Å². The predicted molar refractivity (Wildman–Crippen MR) is 66.1 cm³/mol. The Morgan fingerprint density at radius 1 is 1.28 bits per heavy atom. The van der Waals surface area contributed by atoms with E-state index in [1.165, 1.54) is 7.11 Å². The minimum Gasteiger partial charge on any atom is -0.468 e. The monoisotopic (exact) mass is 255 g/mol. The van der Waals surface area contributed by atoms with Gasteiger partial charge in [-0.1, -0.05) is 0 Å². The zero-order chi connectivity index (χ0) is 13.0. The summed E-state index contributed by atoms with van der Waals surface area (Å²) in [6.07, 6.45) is 1.82. The summed E-state index contributed by atoms with van der Waals surface area (Å²) >= 11 is 0. The van der Waals surface area contributed by atoms with E-state index in [2.05, 4.69) is 10.1 Å². The summed E-state index contributed by atoms with van der Waals surface area (Å²) in [7, 11) is 1.38. The topological polar surface area (TPSA) is 61.9 Å². The highest BCUT2D eigenvalue weighted by Gasteiger charge is 2.34. The molecular formula is C12H21N3O3. The summed E-state index contributed by atoms with van der Waals surface area (Å²) in [6.45, 7) is 4.27. The van der Waals surface area contributed by atoms with Gasteiger partial charge in [-0.3, -0.25) is 14.5 Å². The van der Waals surface area contributed by atoms with Crippen LogP contribution in [-0.4, -0.2) is 74.1 Å².